The van der Waals surface area contributed by atoms with Gasteiger partial charge in [0.05, 0.1) is 22.0 Å². The fourth-order valence-electron chi connectivity index (χ4n) is 4.30. The lowest BCUT2D eigenvalue weighted by atomic mass is 10.1. The molecule has 214 valence electrons. The summed E-state index contributed by atoms with van der Waals surface area (Å²) >= 11 is 12.3. The van der Waals surface area contributed by atoms with Crippen molar-refractivity contribution < 1.29 is 27.5 Å². The van der Waals surface area contributed by atoms with E-state index in [0.29, 0.717) is 40.2 Å². The van der Waals surface area contributed by atoms with E-state index in [1.165, 1.54) is 9.21 Å². The molecule has 2 amide bonds. The molecule has 0 fully saturated rings. The van der Waals surface area contributed by atoms with Gasteiger partial charge in [-0.1, -0.05) is 49.5 Å². The summed E-state index contributed by atoms with van der Waals surface area (Å²) in [6.07, 6.45) is 3.58. The molecule has 0 aliphatic carbocycles. The average Bonchev–Trinajstić information content (AvgIpc) is 3.36. The number of hydrogen-bond acceptors (Lipinski definition) is 6. The van der Waals surface area contributed by atoms with E-state index < -0.39 is 16.1 Å². The Morgan fingerprint density at radius 3 is 2.44 bits per heavy atom. The highest BCUT2D eigenvalue weighted by molar-refractivity contribution is 7.92. The van der Waals surface area contributed by atoms with Crippen LogP contribution in [0.3, 0.4) is 0 Å². The van der Waals surface area contributed by atoms with E-state index in [1.807, 2.05) is 13.8 Å². The van der Waals surface area contributed by atoms with Crippen LogP contribution in [0.2, 0.25) is 10.0 Å². The Labute approximate surface area is 240 Å². The number of rotatable bonds is 14. The molecule has 0 saturated heterocycles. The topological polar surface area (TPSA) is 105 Å². The Hall–Kier alpha value is -2.69. The summed E-state index contributed by atoms with van der Waals surface area (Å²) < 4.78 is 37.1. The van der Waals surface area contributed by atoms with Gasteiger partial charge in [-0.15, -0.1) is 0 Å². The van der Waals surface area contributed by atoms with Gasteiger partial charge in [-0.3, -0.25) is 13.9 Å². The molecule has 12 heteroatoms. The van der Waals surface area contributed by atoms with Crippen LogP contribution in [-0.2, 0) is 26.2 Å². The van der Waals surface area contributed by atoms with Crippen molar-refractivity contribution in [3.8, 4) is 11.5 Å². The first-order valence-corrected chi connectivity index (χ1v) is 15.5. The minimum Gasteiger partial charge on any atom is -0.454 e. The first-order chi connectivity index (χ1) is 18.5. The van der Waals surface area contributed by atoms with Gasteiger partial charge in [0.2, 0.25) is 28.6 Å². The third-order valence-electron chi connectivity index (χ3n) is 6.35. The number of anilines is 1. The maximum Gasteiger partial charge on any atom is 0.242 e. The molecular formula is C27H35Cl2N3O6S. The molecule has 39 heavy (non-hydrogen) atoms. The van der Waals surface area contributed by atoms with Crippen LogP contribution in [0, 0.1) is 0 Å². The Morgan fingerprint density at radius 1 is 1.03 bits per heavy atom. The number of hydrogen-bond donors (Lipinski definition) is 1. The fourth-order valence-corrected chi connectivity index (χ4v) is 5.58. The van der Waals surface area contributed by atoms with Crippen LogP contribution in [0.1, 0.15) is 51.5 Å². The van der Waals surface area contributed by atoms with Crippen molar-refractivity contribution in [3.63, 3.8) is 0 Å². The number of amides is 2. The summed E-state index contributed by atoms with van der Waals surface area (Å²) in [4.78, 5) is 28.1. The molecule has 3 rings (SSSR count). The molecule has 0 aromatic heterocycles. The lowest BCUT2D eigenvalue weighted by Gasteiger charge is -2.31. The molecule has 1 N–H and O–H groups in total. The van der Waals surface area contributed by atoms with Crippen LogP contribution < -0.4 is 19.1 Å². The number of fused-ring (bicyclic) bond motifs is 1. The van der Waals surface area contributed by atoms with E-state index in [2.05, 4.69) is 5.32 Å². The van der Waals surface area contributed by atoms with Gasteiger partial charge in [0.1, 0.15) is 6.04 Å². The Kier molecular flexibility index (Phi) is 11.1. The van der Waals surface area contributed by atoms with Gasteiger partial charge in [0.25, 0.3) is 0 Å². The molecule has 9 nitrogen and oxygen atoms in total. The molecule has 1 aliphatic rings. The molecule has 0 bridgehead atoms. The van der Waals surface area contributed by atoms with Crippen molar-refractivity contribution in [1.29, 1.82) is 0 Å². The molecule has 1 aliphatic heterocycles. The van der Waals surface area contributed by atoms with Gasteiger partial charge in [0.15, 0.2) is 11.5 Å². The van der Waals surface area contributed by atoms with Gasteiger partial charge < -0.3 is 19.7 Å². The van der Waals surface area contributed by atoms with Crippen molar-refractivity contribution >= 4 is 50.7 Å². The third kappa shape index (κ3) is 8.40. The predicted molar refractivity (Wildman–Crippen MR) is 153 cm³/mol. The molecule has 0 unspecified atom stereocenters. The second-order valence-electron chi connectivity index (χ2n) is 9.31. The highest BCUT2D eigenvalue weighted by atomic mass is 35.5. The number of carbonyl (C=O) groups is 2. The predicted octanol–water partition coefficient (Wildman–Crippen LogP) is 4.99. The summed E-state index contributed by atoms with van der Waals surface area (Å²) in [5.74, 6) is 0.517. The van der Waals surface area contributed by atoms with E-state index in [0.717, 1.165) is 24.7 Å². The Bertz CT molecular complexity index is 1270. The van der Waals surface area contributed by atoms with Crippen molar-refractivity contribution in [2.45, 2.75) is 58.5 Å². The highest BCUT2D eigenvalue weighted by Crippen LogP contribution is 2.36. The number of benzene rings is 2. The van der Waals surface area contributed by atoms with Crippen LogP contribution in [-0.4, -0.2) is 57.3 Å². The van der Waals surface area contributed by atoms with Crippen LogP contribution in [0.4, 0.5) is 5.69 Å². The van der Waals surface area contributed by atoms with Gasteiger partial charge in [-0.2, -0.15) is 0 Å². The van der Waals surface area contributed by atoms with Crippen LogP contribution >= 0.6 is 23.2 Å². The zero-order chi connectivity index (χ0) is 28.6. The van der Waals surface area contributed by atoms with Crippen LogP contribution in [0.25, 0.3) is 0 Å². The smallest absolute Gasteiger partial charge is 0.242 e. The summed E-state index contributed by atoms with van der Waals surface area (Å²) in [7, 11) is -3.64. The molecule has 1 heterocycles. The van der Waals surface area contributed by atoms with Crippen LogP contribution in [0.5, 0.6) is 11.5 Å². The lowest BCUT2D eigenvalue weighted by molar-refractivity contribution is -0.141. The third-order valence-corrected chi connectivity index (χ3v) is 8.28. The van der Waals surface area contributed by atoms with Crippen LogP contribution in [0.15, 0.2) is 36.4 Å². The summed E-state index contributed by atoms with van der Waals surface area (Å²) in [5.41, 5.74) is 1.15. The fraction of sp³-hybridized carbons (Fsp3) is 0.481. The summed E-state index contributed by atoms with van der Waals surface area (Å²) in [6, 6.07) is 9.31. The normalized spacial score (nSPS) is 13.2. The number of nitrogens with one attached hydrogen (secondary N) is 1. The lowest BCUT2D eigenvalue weighted by Crippen LogP contribution is -2.49. The zero-order valence-corrected chi connectivity index (χ0v) is 24.7. The standard InChI is InChI=1S/C27H35Cl2N3O6S/c1-4-6-13-30-27(34)23(5-2)31(17-19-9-11-21(28)22(29)15-19)26(33)8-7-14-32(39(3,35)36)20-10-12-24-25(16-20)38-18-37-24/h9-12,15-16,23H,4-8,13-14,17-18H2,1-3H3,(H,30,34)/t23-/m1/s1. The van der Waals surface area contributed by atoms with E-state index in [-0.39, 0.29) is 44.5 Å². The number of halogens is 2. The molecule has 2 aromatic carbocycles. The minimum absolute atomic E-state index is 0.0383. The molecule has 1 atom stereocenters. The van der Waals surface area contributed by atoms with Gasteiger partial charge in [-0.05, 0) is 49.1 Å². The number of sulfonamides is 1. The maximum atomic E-state index is 13.5. The number of unbranched alkanes of at least 4 members (excludes halogenated alkanes) is 1. The SMILES string of the molecule is CCCCNC(=O)[C@@H](CC)N(Cc1ccc(Cl)c(Cl)c1)C(=O)CCCN(c1ccc2c(c1)OCO2)S(C)(=O)=O. The monoisotopic (exact) mass is 599 g/mol. The Morgan fingerprint density at radius 2 is 1.77 bits per heavy atom. The molecule has 2 aromatic rings. The first kappa shape index (κ1) is 30.8. The van der Waals surface area contributed by atoms with E-state index >= 15 is 0 Å². The molecule has 0 radical (unpaired) electrons. The van der Waals surface area contributed by atoms with Crippen molar-refractivity contribution in [1.82, 2.24) is 10.2 Å². The molecule has 0 spiro atoms. The quantitative estimate of drug-likeness (QED) is 0.307. The van der Waals surface area contributed by atoms with Crippen molar-refractivity contribution in [3.05, 3.63) is 52.0 Å². The van der Waals surface area contributed by atoms with Crippen molar-refractivity contribution in [2.75, 3.05) is 30.4 Å². The van der Waals surface area contributed by atoms with Gasteiger partial charge >= 0.3 is 0 Å². The zero-order valence-electron chi connectivity index (χ0n) is 22.4. The summed E-state index contributed by atoms with van der Waals surface area (Å²) in [6.45, 7) is 4.72. The maximum absolute atomic E-state index is 13.5. The minimum atomic E-state index is -3.64. The molecule has 0 saturated carbocycles. The van der Waals surface area contributed by atoms with Crippen molar-refractivity contribution in [2.24, 2.45) is 0 Å². The largest absolute Gasteiger partial charge is 0.454 e. The van der Waals surface area contributed by atoms with Gasteiger partial charge in [0, 0.05) is 32.1 Å². The van der Waals surface area contributed by atoms with E-state index in [4.69, 9.17) is 32.7 Å². The molecular weight excluding hydrogens is 565 g/mol. The number of nitrogens with zero attached hydrogens (tertiary/aromatic N) is 2. The highest BCUT2D eigenvalue weighted by Gasteiger charge is 2.29. The average molecular weight is 601 g/mol. The van der Waals surface area contributed by atoms with E-state index in [1.54, 1.807) is 36.4 Å². The first-order valence-electron chi connectivity index (χ1n) is 12.9. The number of ether oxygens (including phenoxy) is 2. The van der Waals surface area contributed by atoms with Gasteiger partial charge in [-0.25, -0.2) is 8.42 Å². The second-order valence-corrected chi connectivity index (χ2v) is 12.0. The number of carbonyl (C=O) groups excluding carboxylic acids is 2. The second kappa shape index (κ2) is 14.1. The van der Waals surface area contributed by atoms with E-state index in [9.17, 15) is 18.0 Å². The Balaban J connectivity index is 1.76. The summed E-state index contributed by atoms with van der Waals surface area (Å²) in [5, 5.41) is 3.67.